The SMILES string of the molecule is COC(=O)Cc1cc2c(c(OC)c1)NC(C(F)(F)F)CC2. The van der Waals surface area contributed by atoms with E-state index in [2.05, 4.69) is 10.1 Å². The van der Waals surface area contributed by atoms with Crippen molar-refractivity contribution < 1.29 is 27.4 Å². The number of carbonyl (C=O) groups excluding carboxylic acids is 1. The second-order valence-electron chi connectivity index (χ2n) is 4.86. The number of hydrogen-bond donors (Lipinski definition) is 1. The van der Waals surface area contributed by atoms with Crippen molar-refractivity contribution in [2.75, 3.05) is 19.5 Å². The Bertz CT molecular complexity index is 526. The molecule has 2 rings (SSSR count). The zero-order valence-electron chi connectivity index (χ0n) is 11.7. The van der Waals surface area contributed by atoms with Gasteiger partial charge in [-0.25, -0.2) is 0 Å². The van der Waals surface area contributed by atoms with Crippen molar-refractivity contribution in [2.45, 2.75) is 31.5 Å². The van der Waals surface area contributed by atoms with E-state index in [0.29, 0.717) is 22.6 Å². The highest BCUT2D eigenvalue weighted by Gasteiger charge is 2.41. The van der Waals surface area contributed by atoms with Crippen LogP contribution in [-0.2, 0) is 22.4 Å². The number of alkyl halides is 3. The van der Waals surface area contributed by atoms with Crippen LogP contribution in [0, 0.1) is 0 Å². The van der Waals surface area contributed by atoms with E-state index >= 15 is 0 Å². The lowest BCUT2D eigenvalue weighted by molar-refractivity contribution is -0.144. The van der Waals surface area contributed by atoms with Gasteiger partial charge in [0.2, 0.25) is 0 Å². The van der Waals surface area contributed by atoms with Crippen molar-refractivity contribution in [3.63, 3.8) is 0 Å². The Morgan fingerprint density at radius 2 is 2.10 bits per heavy atom. The number of ether oxygens (including phenoxy) is 2. The molecule has 1 N–H and O–H groups in total. The van der Waals surface area contributed by atoms with E-state index in [-0.39, 0.29) is 19.3 Å². The number of benzene rings is 1. The van der Waals surface area contributed by atoms with E-state index in [1.807, 2.05) is 0 Å². The molecule has 116 valence electrons. The van der Waals surface area contributed by atoms with Gasteiger partial charge in [0.05, 0.1) is 26.3 Å². The number of esters is 1. The lowest BCUT2D eigenvalue weighted by atomic mass is 9.94. The van der Waals surface area contributed by atoms with Crippen LogP contribution in [0.4, 0.5) is 18.9 Å². The molecule has 1 aromatic rings. The summed E-state index contributed by atoms with van der Waals surface area (Å²) in [6, 6.07) is 1.70. The summed E-state index contributed by atoms with van der Waals surface area (Å²) in [4.78, 5) is 11.3. The predicted molar refractivity (Wildman–Crippen MR) is 70.5 cm³/mol. The molecular formula is C14H16F3NO3. The number of nitrogens with one attached hydrogen (secondary N) is 1. The summed E-state index contributed by atoms with van der Waals surface area (Å²) in [5.74, 6) is -0.103. The zero-order valence-corrected chi connectivity index (χ0v) is 11.7. The van der Waals surface area contributed by atoms with Gasteiger partial charge in [0.1, 0.15) is 11.8 Å². The molecule has 4 nitrogen and oxygen atoms in total. The first-order chi connectivity index (χ1) is 9.85. The van der Waals surface area contributed by atoms with Crippen molar-refractivity contribution >= 4 is 11.7 Å². The number of anilines is 1. The molecule has 1 aliphatic rings. The van der Waals surface area contributed by atoms with Gasteiger partial charge in [-0.2, -0.15) is 13.2 Å². The highest BCUT2D eigenvalue weighted by molar-refractivity contribution is 5.74. The second kappa shape index (κ2) is 5.83. The molecular weight excluding hydrogens is 287 g/mol. The monoisotopic (exact) mass is 303 g/mol. The summed E-state index contributed by atoms with van der Waals surface area (Å²) in [5.41, 5.74) is 1.72. The molecule has 1 aromatic carbocycles. The Morgan fingerprint density at radius 3 is 2.67 bits per heavy atom. The van der Waals surface area contributed by atoms with Crippen LogP contribution in [-0.4, -0.2) is 32.4 Å². The molecule has 21 heavy (non-hydrogen) atoms. The van der Waals surface area contributed by atoms with Gasteiger partial charge in [0, 0.05) is 0 Å². The smallest absolute Gasteiger partial charge is 0.408 e. The van der Waals surface area contributed by atoms with Crippen molar-refractivity contribution in [1.82, 2.24) is 0 Å². The van der Waals surface area contributed by atoms with E-state index in [0.717, 1.165) is 0 Å². The number of rotatable bonds is 3. The van der Waals surface area contributed by atoms with Gasteiger partial charge in [-0.15, -0.1) is 0 Å². The summed E-state index contributed by atoms with van der Waals surface area (Å²) >= 11 is 0. The minimum atomic E-state index is -4.30. The Morgan fingerprint density at radius 1 is 1.38 bits per heavy atom. The van der Waals surface area contributed by atoms with Crippen LogP contribution in [0.2, 0.25) is 0 Å². The van der Waals surface area contributed by atoms with Crippen LogP contribution in [0.5, 0.6) is 5.75 Å². The predicted octanol–water partition coefficient (Wildman–Crippen LogP) is 2.70. The minimum absolute atomic E-state index is 0.0403. The number of fused-ring (bicyclic) bond motifs is 1. The summed E-state index contributed by atoms with van der Waals surface area (Å²) in [5, 5.41) is 2.48. The summed E-state index contributed by atoms with van der Waals surface area (Å²) in [6.07, 6.45) is -4.00. The molecule has 0 saturated heterocycles. The van der Waals surface area contributed by atoms with Gasteiger partial charge in [-0.1, -0.05) is 6.07 Å². The fourth-order valence-corrected chi connectivity index (χ4v) is 2.39. The first-order valence-corrected chi connectivity index (χ1v) is 6.45. The average molecular weight is 303 g/mol. The number of halogens is 3. The van der Waals surface area contributed by atoms with Crippen molar-refractivity contribution in [3.8, 4) is 5.75 Å². The van der Waals surface area contributed by atoms with E-state index in [4.69, 9.17) is 4.74 Å². The summed E-state index contributed by atoms with van der Waals surface area (Å²) < 4.78 is 48.1. The van der Waals surface area contributed by atoms with Crippen LogP contribution in [0.1, 0.15) is 17.5 Å². The molecule has 0 amide bonds. The lowest BCUT2D eigenvalue weighted by Crippen LogP contribution is -2.39. The number of aryl methyl sites for hydroxylation is 1. The first-order valence-electron chi connectivity index (χ1n) is 6.45. The molecule has 7 heteroatoms. The van der Waals surface area contributed by atoms with Crippen LogP contribution in [0.25, 0.3) is 0 Å². The highest BCUT2D eigenvalue weighted by Crippen LogP contribution is 2.39. The highest BCUT2D eigenvalue weighted by atomic mass is 19.4. The Kier molecular flexibility index (Phi) is 4.29. The molecule has 1 heterocycles. The molecule has 1 unspecified atom stereocenters. The van der Waals surface area contributed by atoms with Gasteiger partial charge in [0.15, 0.2) is 0 Å². The number of hydrogen-bond acceptors (Lipinski definition) is 4. The molecule has 1 aliphatic heterocycles. The van der Waals surface area contributed by atoms with E-state index in [1.165, 1.54) is 14.2 Å². The van der Waals surface area contributed by atoms with Crippen molar-refractivity contribution in [1.29, 1.82) is 0 Å². The molecule has 0 fully saturated rings. The quantitative estimate of drug-likeness (QED) is 0.872. The molecule has 1 atom stereocenters. The lowest BCUT2D eigenvalue weighted by Gasteiger charge is -2.30. The third-order valence-corrected chi connectivity index (χ3v) is 3.46. The van der Waals surface area contributed by atoms with E-state index in [1.54, 1.807) is 12.1 Å². The average Bonchev–Trinajstić information content (AvgIpc) is 2.44. The standard InChI is InChI=1S/C14H16F3NO3/c1-20-10-6-8(7-12(19)21-2)5-9-3-4-11(14(15,16)17)18-13(9)10/h5-6,11,18H,3-4,7H2,1-2H3. The van der Waals surface area contributed by atoms with Gasteiger partial charge in [-0.3, -0.25) is 4.79 Å². The molecule has 0 aliphatic carbocycles. The van der Waals surface area contributed by atoms with Crippen molar-refractivity contribution in [3.05, 3.63) is 23.3 Å². The first kappa shape index (κ1) is 15.5. The van der Waals surface area contributed by atoms with Crippen LogP contribution >= 0.6 is 0 Å². The molecule has 0 saturated carbocycles. The van der Waals surface area contributed by atoms with Crippen LogP contribution in [0.15, 0.2) is 12.1 Å². The van der Waals surface area contributed by atoms with Gasteiger partial charge >= 0.3 is 12.1 Å². The maximum absolute atomic E-state index is 12.8. The van der Waals surface area contributed by atoms with Crippen LogP contribution in [0.3, 0.4) is 0 Å². The Labute approximate surface area is 120 Å². The maximum atomic E-state index is 12.8. The van der Waals surface area contributed by atoms with Gasteiger partial charge in [-0.05, 0) is 30.0 Å². The Balaban J connectivity index is 2.31. The minimum Gasteiger partial charge on any atom is -0.495 e. The zero-order chi connectivity index (χ0) is 15.6. The van der Waals surface area contributed by atoms with E-state index < -0.39 is 18.2 Å². The summed E-state index contributed by atoms with van der Waals surface area (Å²) in [6.45, 7) is 0. The third-order valence-electron chi connectivity index (χ3n) is 3.46. The van der Waals surface area contributed by atoms with E-state index in [9.17, 15) is 18.0 Å². The summed E-state index contributed by atoms with van der Waals surface area (Å²) in [7, 11) is 2.67. The molecule has 0 bridgehead atoms. The topological polar surface area (TPSA) is 47.6 Å². The molecule has 0 radical (unpaired) electrons. The van der Waals surface area contributed by atoms with Crippen molar-refractivity contribution in [2.24, 2.45) is 0 Å². The molecule has 0 aromatic heterocycles. The van der Waals surface area contributed by atoms with Gasteiger partial charge < -0.3 is 14.8 Å². The normalized spacial score (nSPS) is 17.7. The Hall–Kier alpha value is -1.92. The molecule has 0 spiro atoms. The largest absolute Gasteiger partial charge is 0.495 e. The fraction of sp³-hybridized carbons (Fsp3) is 0.500. The number of carbonyl (C=O) groups is 1. The second-order valence-corrected chi connectivity index (χ2v) is 4.86. The maximum Gasteiger partial charge on any atom is 0.408 e. The third kappa shape index (κ3) is 3.40. The van der Waals surface area contributed by atoms with Crippen LogP contribution < -0.4 is 10.1 Å². The fourth-order valence-electron chi connectivity index (χ4n) is 2.39. The van der Waals surface area contributed by atoms with Gasteiger partial charge in [0.25, 0.3) is 0 Å². The number of methoxy groups -OCH3 is 2.